The molecule has 7 nitrogen and oxygen atoms in total. The van der Waals surface area contributed by atoms with E-state index in [1.165, 1.54) is 12.1 Å². The number of hydrogen-bond acceptors (Lipinski definition) is 6. The second kappa shape index (κ2) is 6.87. The Morgan fingerprint density at radius 1 is 1.40 bits per heavy atom. The molecule has 1 aliphatic carbocycles. The van der Waals surface area contributed by atoms with Crippen LogP contribution in [0.25, 0.3) is 0 Å². The average Bonchev–Trinajstić information content (AvgIpc) is 3.23. The van der Waals surface area contributed by atoms with Gasteiger partial charge >= 0.3 is 0 Å². The van der Waals surface area contributed by atoms with Crippen LogP contribution in [0, 0.1) is 15.9 Å². The number of hydrogen-bond donors (Lipinski definition) is 1. The van der Waals surface area contributed by atoms with Crippen molar-refractivity contribution in [2.24, 2.45) is 0 Å². The molecule has 0 bridgehead atoms. The number of aromatic nitrogens is 2. The maximum atomic E-state index is 13.5. The molecule has 3 rings (SSSR count). The minimum atomic E-state index is -0.497. The van der Waals surface area contributed by atoms with Crippen LogP contribution < -0.4 is 5.32 Å². The fourth-order valence-electron chi connectivity index (χ4n) is 3.26. The van der Waals surface area contributed by atoms with E-state index in [-0.39, 0.29) is 18.2 Å². The Bertz CT molecular complexity index is 769. The molecule has 25 heavy (non-hydrogen) atoms. The first-order valence-corrected chi connectivity index (χ1v) is 8.43. The highest BCUT2D eigenvalue weighted by Gasteiger charge is 2.40. The molecule has 1 fully saturated rings. The lowest BCUT2D eigenvalue weighted by Gasteiger charge is -2.27. The van der Waals surface area contributed by atoms with Gasteiger partial charge in [-0.2, -0.15) is 4.98 Å². The number of nitro benzene ring substituents is 1. The van der Waals surface area contributed by atoms with Gasteiger partial charge in [-0.05, 0) is 25.0 Å². The molecule has 134 valence electrons. The highest BCUT2D eigenvalue weighted by atomic mass is 19.1. The van der Waals surface area contributed by atoms with E-state index in [0.29, 0.717) is 17.3 Å². The normalized spacial score (nSPS) is 16.5. The summed E-state index contributed by atoms with van der Waals surface area (Å²) in [6.07, 6.45) is 3.63. The van der Waals surface area contributed by atoms with Gasteiger partial charge in [-0.3, -0.25) is 10.1 Å². The molecule has 0 saturated heterocycles. The van der Waals surface area contributed by atoms with E-state index in [9.17, 15) is 14.5 Å². The summed E-state index contributed by atoms with van der Waals surface area (Å²) in [4.78, 5) is 15.2. The molecule has 0 spiro atoms. The number of rotatable bonds is 6. The summed E-state index contributed by atoms with van der Waals surface area (Å²) in [5, 5.41) is 18.6. The van der Waals surface area contributed by atoms with E-state index < -0.39 is 16.3 Å². The van der Waals surface area contributed by atoms with Crippen molar-refractivity contribution in [2.75, 3.05) is 0 Å². The molecular formula is C17H21FN4O3. The number of nitrogens with zero attached hydrogens (tertiary/aromatic N) is 3. The van der Waals surface area contributed by atoms with Crippen LogP contribution in [0.5, 0.6) is 0 Å². The molecule has 0 atom stereocenters. The van der Waals surface area contributed by atoms with E-state index in [4.69, 9.17) is 4.52 Å². The number of nitrogens with one attached hydrogen (secondary N) is 1. The summed E-state index contributed by atoms with van der Waals surface area (Å²) in [6.45, 7) is 4.12. The predicted molar refractivity (Wildman–Crippen MR) is 88.4 cm³/mol. The van der Waals surface area contributed by atoms with Gasteiger partial charge in [-0.1, -0.05) is 31.8 Å². The molecule has 1 saturated carbocycles. The molecule has 0 radical (unpaired) electrons. The standard InChI is InChI=1S/C17H21FN4O3/c1-11(2)15-20-16(21-25-15)17(7-3-4-8-17)19-10-12-9-13(18)5-6-14(12)22(23)24/h5-6,9,11,19H,3-4,7-8,10H2,1-2H3. The lowest BCUT2D eigenvalue weighted by Crippen LogP contribution is -2.40. The second-order valence-corrected chi connectivity index (χ2v) is 6.78. The summed E-state index contributed by atoms with van der Waals surface area (Å²) in [6, 6.07) is 3.49. The second-order valence-electron chi connectivity index (χ2n) is 6.78. The molecule has 8 heteroatoms. The first-order valence-electron chi connectivity index (χ1n) is 8.43. The van der Waals surface area contributed by atoms with Gasteiger partial charge in [0.05, 0.1) is 10.5 Å². The van der Waals surface area contributed by atoms with Gasteiger partial charge in [0.1, 0.15) is 5.82 Å². The maximum absolute atomic E-state index is 13.5. The van der Waals surface area contributed by atoms with E-state index in [1.54, 1.807) is 0 Å². The van der Waals surface area contributed by atoms with Crippen molar-refractivity contribution in [3.8, 4) is 0 Å². The Morgan fingerprint density at radius 3 is 2.72 bits per heavy atom. The lowest BCUT2D eigenvalue weighted by molar-refractivity contribution is -0.385. The van der Waals surface area contributed by atoms with Gasteiger partial charge in [0.2, 0.25) is 5.89 Å². The molecule has 1 aliphatic rings. The number of halogens is 1. The first-order chi connectivity index (χ1) is 11.9. The lowest BCUT2D eigenvalue weighted by atomic mass is 9.96. The minimum Gasteiger partial charge on any atom is -0.339 e. The Kier molecular flexibility index (Phi) is 4.80. The molecule has 1 aromatic heterocycles. The fraction of sp³-hybridized carbons (Fsp3) is 0.529. The SMILES string of the molecule is CC(C)c1nc(C2(NCc3cc(F)ccc3[N+](=O)[O-])CCCC2)no1. The third-order valence-electron chi connectivity index (χ3n) is 4.68. The Hall–Kier alpha value is -2.35. The van der Waals surface area contributed by atoms with Gasteiger partial charge in [0, 0.05) is 24.1 Å². The largest absolute Gasteiger partial charge is 0.339 e. The van der Waals surface area contributed by atoms with Crippen LogP contribution in [-0.2, 0) is 12.1 Å². The van der Waals surface area contributed by atoms with Crippen LogP contribution in [0.2, 0.25) is 0 Å². The molecule has 0 unspecified atom stereocenters. The van der Waals surface area contributed by atoms with Crippen LogP contribution in [-0.4, -0.2) is 15.1 Å². The van der Waals surface area contributed by atoms with Crippen molar-refractivity contribution >= 4 is 5.69 Å². The summed E-state index contributed by atoms with van der Waals surface area (Å²) in [5.41, 5.74) is -0.279. The van der Waals surface area contributed by atoms with Gasteiger partial charge < -0.3 is 9.84 Å². The Morgan fingerprint density at radius 2 is 2.12 bits per heavy atom. The topological polar surface area (TPSA) is 94.1 Å². The van der Waals surface area contributed by atoms with Crippen LogP contribution >= 0.6 is 0 Å². The van der Waals surface area contributed by atoms with Gasteiger partial charge in [0.15, 0.2) is 5.82 Å². The molecule has 0 aliphatic heterocycles. The van der Waals surface area contributed by atoms with Crippen LogP contribution in [0.1, 0.15) is 62.7 Å². The predicted octanol–water partition coefficient (Wildman–Crippen LogP) is 3.80. The monoisotopic (exact) mass is 348 g/mol. The summed E-state index contributed by atoms with van der Waals surface area (Å²) >= 11 is 0. The summed E-state index contributed by atoms with van der Waals surface area (Å²) < 4.78 is 18.9. The van der Waals surface area contributed by atoms with Crippen LogP contribution in [0.3, 0.4) is 0 Å². The Labute approximate surface area is 144 Å². The van der Waals surface area contributed by atoms with Crippen LogP contribution in [0.15, 0.2) is 22.7 Å². The zero-order valence-corrected chi connectivity index (χ0v) is 14.3. The zero-order chi connectivity index (χ0) is 18.0. The van der Waals surface area contributed by atoms with E-state index in [2.05, 4.69) is 15.5 Å². The third-order valence-corrected chi connectivity index (χ3v) is 4.68. The van der Waals surface area contributed by atoms with E-state index >= 15 is 0 Å². The minimum absolute atomic E-state index is 0.0990. The quantitative estimate of drug-likeness (QED) is 0.630. The highest BCUT2D eigenvalue weighted by molar-refractivity contribution is 5.40. The van der Waals surface area contributed by atoms with E-state index in [0.717, 1.165) is 31.7 Å². The van der Waals surface area contributed by atoms with E-state index in [1.807, 2.05) is 13.8 Å². The Balaban J connectivity index is 1.86. The first kappa shape index (κ1) is 17.5. The van der Waals surface area contributed by atoms with Crippen LogP contribution in [0.4, 0.5) is 10.1 Å². The van der Waals surface area contributed by atoms with Gasteiger partial charge in [-0.25, -0.2) is 4.39 Å². The fourth-order valence-corrected chi connectivity index (χ4v) is 3.26. The molecule has 1 heterocycles. The van der Waals surface area contributed by atoms with Crippen molar-refractivity contribution in [1.82, 2.24) is 15.5 Å². The average molecular weight is 348 g/mol. The van der Waals surface area contributed by atoms with Crippen molar-refractivity contribution < 1.29 is 13.8 Å². The van der Waals surface area contributed by atoms with Crippen molar-refractivity contribution in [3.05, 3.63) is 51.4 Å². The summed E-state index contributed by atoms with van der Waals surface area (Å²) in [7, 11) is 0. The molecule has 0 amide bonds. The highest BCUT2D eigenvalue weighted by Crippen LogP contribution is 2.38. The van der Waals surface area contributed by atoms with Crippen molar-refractivity contribution in [2.45, 2.75) is 57.5 Å². The summed E-state index contributed by atoms with van der Waals surface area (Å²) in [5.74, 6) is 0.779. The van der Waals surface area contributed by atoms with Crippen molar-refractivity contribution in [1.29, 1.82) is 0 Å². The molecular weight excluding hydrogens is 327 g/mol. The van der Waals surface area contributed by atoms with Crippen molar-refractivity contribution in [3.63, 3.8) is 0 Å². The zero-order valence-electron chi connectivity index (χ0n) is 14.3. The number of nitro groups is 1. The molecule has 2 aromatic rings. The molecule has 1 N–H and O–H groups in total. The molecule has 1 aromatic carbocycles. The number of benzene rings is 1. The van der Waals surface area contributed by atoms with Gasteiger partial charge in [0.25, 0.3) is 5.69 Å². The maximum Gasteiger partial charge on any atom is 0.274 e. The van der Waals surface area contributed by atoms with Gasteiger partial charge in [-0.15, -0.1) is 0 Å². The third kappa shape index (κ3) is 3.53. The smallest absolute Gasteiger partial charge is 0.274 e.